The van der Waals surface area contributed by atoms with Crippen LogP contribution in [0.1, 0.15) is 44.7 Å². The number of piperidine rings is 1. The number of rotatable bonds is 3. The first-order chi connectivity index (χ1) is 8.97. The zero-order valence-corrected chi connectivity index (χ0v) is 14.0. The van der Waals surface area contributed by atoms with E-state index in [9.17, 15) is 0 Å². The van der Waals surface area contributed by atoms with Crippen LogP contribution in [0, 0.1) is 12.8 Å². The van der Waals surface area contributed by atoms with E-state index >= 15 is 0 Å². The van der Waals surface area contributed by atoms with Gasteiger partial charge in [0.25, 0.3) is 0 Å². The molecule has 1 aromatic rings. The fourth-order valence-electron chi connectivity index (χ4n) is 2.53. The van der Waals surface area contributed by atoms with Crippen molar-refractivity contribution in [2.24, 2.45) is 5.92 Å². The first-order valence-corrected chi connectivity index (χ1v) is 7.41. The van der Waals surface area contributed by atoms with Crippen molar-refractivity contribution in [1.29, 1.82) is 0 Å². The molecule has 0 saturated carbocycles. The minimum atomic E-state index is 0. The molecule has 2 nitrogen and oxygen atoms in total. The summed E-state index contributed by atoms with van der Waals surface area (Å²) < 4.78 is 6.02. The SMILES string of the molecule is Cc1cc(C(C)(C)C)ccc1OCC1CCNCC1.Cl. The molecule has 1 fully saturated rings. The van der Waals surface area contributed by atoms with Gasteiger partial charge in [0.15, 0.2) is 0 Å². The van der Waals surface area contributed by atoms with Crippen LogP contribution in [0.25, 0.3) is 0 Å². The number of halogens is 1. The molecule has 0 aliphatic carbocycles. The smallest absolute Gasteiger partial charge is 0.122 e. The molecule has 1 heterocycles. The second-order valence-electron chi connectivity index (χ2n) is 6.73. The van der Waals surface area contributed by atoms with Gasteiger partial charge in [0.1, 0.15) is 5.75 Å². The molecule has 0 radical (unpaired) electrons. The van der Waals surface area contributed by atoms with Crippen LogP contribution in [0.5, 0.6) is 5.75 Å². The van der Waals surface area contributed by atoms with Crippen LogP contribution < -0.4 is 10.1 Å². The summed E-state index contributed by atoms with van der Waals surface area (Å²) >= 11 is 0. The van der Waals surface area contributed by atoms with E-state index in [2.05, 4.69) is 51.2 Å². The number of aryl methyl sites for hydroxylation is 1. The van der Waals surface area contributed by atoms with Gasteiger partial charge < -0.3 is 10.1 Å². The molecule has 0 atom stereocenters. The minimum absolute atomic E-state index is 0. The van der Waals surface area contributed by atoms with Crippen molar-refractivity contribution in [3.05, 3.63) is 29.3 Å². The highest BCUT2D eigenvalue weighted by Crippen LogP contribution is 2.28. The second kappa shape index (κ2) is 7.33. The molecule has 1 aliphatic heterocycles. The van der Waals surface area contributed by atoms with Gasteiger partial charge in [0, 0.05) is 0 Å². The Balaban J connectivity index is 0.00000200. The van der Waals surface area contributed by atoms with Crippen LogP contribution in [0.4, 0.5) is 0 Å². The molecule has 0 aromatic heterocycles. The van der Waals surface area contributed by atoms with Gasteiger partial charge in [-0.2, -0.15) is 0 Å². The zero-order chi connectivity index (χ0) is 13.9. The highest BCUT2D eigenvalue weighted by atomic mass is 35.5. The molecule has 1 aliphatic rings. The maximum absolute atomic E-state index is 6.02. The molecule has 20 heavy (non-hydrogen) atoms. The summed E-state index contributed by atoms with van der Waals surface area (Å²) in [5.41, 5.74) is 2.83. The molecule has 0 amide bonds. The molecular weight excluding hydrogens is 270 g/mol. The number of nitrogens with one attached hydrogen (secondary N) is 1. The van der Waals surface area contributed by atoms with Gasteiger partial charge in [-0.3, -0.25) is 0 Å². The van der Waals surface area contributed by atoms with Gasteiger partial charge >= 0.3 is 0 Å². The third kappa shape index (κ3) is 4.68. The van der Waals surface area contributed by atoms with Crippen LogP contribution >= 0.6 is 12.4 Å². The average molecular weight is 298 g/mol. The van der Waals surface area contributed by atoms with Crippen molar-refractivity contribution in [1.82, 2.24) is 5.32 Å². The molecule has 114 valence electrons. The van der Waals surface area contributed by atoms with E-state index in [1.54, 1.807) is 0 Å². The molecular formula is C17H28ClNO. The number of hydrogen-bond acceptors (Lipinski definition) is 2. The lowest BCUT2D eigenvalue weighted by Gasteiger charge is -2.24. The summed E-state index contributed by atoms with van der Waals surface area (Å²) in [5, 5.41) is 3.39. The monoisotopic (exact) mass is 297 g/mol. The van der Waals surface area contributed by atoms with Crippen molar-refractivity contribution in [2.75, 3.05) is 19.7 Å². The van der Waals surface area contributed by atoms with Gasteiger partial charge in [-0.25, -0.2) is 0 Å². The Morgan fingerprint density at radius 2 is 1.85 bits per heavy atom. The van der Waals surface area contributed by atoms with Gasteiger partial charge in [-0.05, 0) is 61.4 Å². The van der Waals surface area contributed by atoms with E-state index in [1.165, 1.54) is 24.0 Å². The fraction of sp³-hybridized carbons (Fsp3) is 0.647. The van der Waals surface area contributed by atoms with Crippen molar-refractivity contribution < 1.29 is 4.74 Å². The maximum Gasteiger partial charge on any atom is 0.122 e. The van der Waals surface area contributed by atoms with Gasteiger partial charge in [-0.15, -0.1) is 12.4 Å². The number of ether oxygens (including phenoxy) is 1. The summed E-state index contributed by atoms with van der Waals surface area (Å²) in [6.45, 7) is 12.0. The van der Waals surface area contributed by atoms with Crippen molar-refractivity contribution in [3.63, 3.8) is 0 Å². The van der Waals surface area contributed by atoms with E-state index < -0.39 is 0 Å². The Morgan fingerprint density at radius 3 is 2.40 bits per heavy atom. The Kier molecular flexibility index (Phi) is 6.35. The first kappa shape index (κ1) is 17.3. The largest absolute Gasteiger partial charge is 0.493 e. The molecule has 0 unspecified atom stereocenters. The fourth-order valence-corrected chi connectivity index (χ4v) is 2.53. The van der Waals surface area contributed by atoms with Crippen molar-refractivity contribution in [3.8, 4) is 5.75 Å². The Labute approximate surface area is 129 Å². The predicted molar refractivity (Wildman–Crippen MR) is 88.2 cm³/mol. The van der Waals surface area contributed by atoms with Crippen molar-refractivity contribution >= 4 is 12.4 Å². The molecule has 1 saturated heterocycles. The lowest BCUT2D eigenvalue weighted by Crippen LogP contribution is -2.30. The minimum Gasteiger partial charge on any atom is -0.493 e. The summed E-state index contributed by atoms with van der Waals surface area (Å²) in [6.07, 6.45) is 2.47. The number of hydrogen-bond donors (Lipinski definition) is 1. The van der Waals surface area contributed by atoms with Crippen LogP contribution in [0.15, 0.2) is 18.2 Å². The molecule has 1 N–H and O–H groups in total. The summed E-state index contributed by atoms with van der Waals surface area (Å²) in [6, 6.07) is 6.60. The first-order valence-electron chi connectivity index (χ1n) is 7.41. The number of benzene rings is 1. The molecule has 3 heteroatoms. The zero-order valence-electron chi connectivity index (χ0n) is 13.2. The summed E-state index contributed by atoms with van der Waals surface area (Å²) in [7, 11) is 0. The topological polar surface area (TPSA) is 21.3 Å². The van der Waals surface area contributed by atoms with E-state index in [4.69, 9.17) is 4.74 Å². The molecule has 1 aromatic carbocycles. The Morgan fingerprint density at radius 1 is 1.20 bits per heavy atom. The molecule has 0 spiro atoms. The van der Waals surface area contributed by atoms with Crippen LogP contribution in [0.2, 0.25) is 0 Å². The Bertz CT molecular complexity index is 419. The van der Waals surface area contributed by atoms with Gasteiger partial charge in [0.2, 0.25) is 0 Å². The van der Waals surface area contributed by atoms with E-state index in [1.807, 2.05) is 0 Å². The third-order valence-corrected chi connectivity index (χ3v) is 3.97. The van der Waals surface area contributed by atoms with E-state index in [-0.39, 0.29) is 17.8 Å². The van der Waals surface area contributed by atoms with E-state index in [0.717, 1.165) is 25.4 Å². The van der Waals surface area contributed by atoms with Crippen LogP contribution in [0.3, 0.4) is 0 Å². The van der Waals surface area contributed by atoms with Crippen molar-refractivity contribution in [2.45, 2.75) is 46.0 Å². The highest BCUT2D eigenvalue weighted by molar-refractivity contribution is 5.85. The quantitative estimate of drug-likeness (QED) is 0.907. The predicted octanol–water partition coefficient (Wildman–Crippen LogP) is 4.09. The van der Waals surface area contributed by atoms with Crippen LogP contribution in [-0.4, -0.2) is 19.7 Å². The summed E-state index contributed by atoms with van der Waals surface area (Å²) in [4.78, 5) is 0. The summed E-state index contributed by atoms with van der Waals surface area (Å²) in [5.74, 6) is 1.76. The van der Waals surface area contributed by atoms with Gasteiger partial charge in [-0.1, -0.05) is 32.9 Å². The molecule has 2 rings (SSSR count). The lowest BCUT2D eigenvalue weighted by atomic mass is 9.86. The average Bonchev–Trinajstić information content (AvgIpc) is 2.37. The highest BCUT2D eigenvalue weighted by Gasteiger charge is 2.16. The Hall–Kier alpha value is -0.730. The lowest BCUT2D eigenvalue weighted by molar-refractivity contribution is 0.214. The maximum atomic E-state index is 6.02. The third-order valence-electron chi connectivity index (χ3n) is 3.97. The normalized spacial score (nSPS) is 16.6. The standard InChI is InChI=1S/C17H27NO.ClH/c1-13-11-15(17(2,3)4)5-6-16(13)19-12-14-7-9-18-10-8-14;/h5-6,11,14,18H,7-10,12H2,1-4H3;1H. The second-order valence-corrected chi connectivity index (χ2v) is 6.73. The molecule has 0 bridgehead atoms. The van der Waals surface area contributed by atoms with Gasteiger partial charge in [0.05, 0.1) is 6.61 Å². The van der Waals surface area contributed by atoms with E-state index in [0.29, 0.717) is 5.92 Å². The van der Waals surface area contributed by atoms with Crippen LogP contribution in [-0.2, 0) is 5.41 Å².